The van der Waals surface area contributed by atoms with E-state index in [1.54, 1.807) is 36.4 Å². The number of benzene rings is 3. The van der Waals surface area contributed by atoms with E-state index in [4.69, 9.17) is 0 Å². The van der Waals surface area contributed by atoms with Gasteiger partial charge in [-0.15, -0.1) is 0 Å². The molecule has 0 N–H and O–H groups in total. The van der Waals surface area contributed by atoms with Crippen molar-refractivity contribution in [2.45, 2.75) is 18.3 Å². The molecule has 0 spiro atoms. The number of carbonyl (C=O) groups excluding carboxylic acids is 1. The number of carbonyl (C=O) groups is 1. The van der Waals surface area contributed by atoms with Crippen LogP contribution in [-0.2, 0) is 10.2 Å². The first kappa shape index (κ1) is 20.4. The normalized spacial score (nSPS) is 21.3. The van der Waals surface area contributed by atoms with Crippen molar-refractivity contribution < 1.29 is 13.6 Å². The van der Waals surface area contributed by atoms with Crippen LogP contribution in [-0.4, -0.2) is 5.78 Å². The minimum absolute atomic E-state index is 0.212. The maximum absolute atomic E-state index is 13.7. The molecule has 0 heterocycles. The Balaban J connectivity index is 1.86. The Morgan fingerprint density at radius 3 is 1.74 bits per heavy atom. The highest BCUT2D eigenvalue weighted by Gasteiger charge is 2.41. The van der Waals surface area contributed by atoms with Gasteiger partial charge < -0.3 is 0 Å². The van der Waals surface area contributed by atoms with Crippen LogP contribution in [0.1, 0.15) is 29.5 Å². The Labute approximate surface area is 179 Å². The summed E-state index contributed by atoms with van der Waals surface area (Å²) in [6, 6.07) is 23.7. The molecule has 1 aliphatic rings. The standard InChI is InChI=1S/C27H19F2NO/c28-24-10-4-6-19(14-24)12-21-16-27(18-30,23-8-2-1-3-9-23)17-22(26(21)31)13-20-7-5-11-25(29)15-20/h1-15H,16-17H2. The predicted octanol–water partition coefficient (Wildman–Crippen LogP) is 6.26. The third kappa shape index (κ3) is 4.36. The molecule has 31 heavy (non-hydrogen) atoms. The van der Waals surface area contributed by atoms with Crippen molar-refractivity contribution in [3.63, 3.8) is 0 Å². The molecule has 152 valence electrons. The number of rotatable bonds is 3. The van der Waals surface area contributed by atoms with Crippen LogP contribution in [0, 0.1) is 23.0 Å². The summed E-state index contributed by atoms with van der Waals surface area (Å²) in [5.41, 5.74) is 1.80. The van der Waals surface area contributed by atoms with E-state index in [1.807, 2.05) is 30.3 Å². The average molecular weight is 411 g/mol. The van der Waals surface area contributed by atoms with Crippen LogP contribution in [0.25, 0.3) is 12.2 Å². The molecule has 1 aliphatic carbocycles. The van der Waals surface area contributed by atoms with Crippen LogP contribution in [0.2, 0.25) is 0 Å². The zero-order valence-corrected chi connectivity index (χ0v) is 16.7. The van der Waals surface area contributed by atoms with Crippen molar-refractivity contribution in [1.82, 2.24) is 0 Å². The van der Waals surface area contributed by atoms with E-state index >= 15 is 0 Å². The molecule has 0 unspecified atom stereocenters. The highest BCUT2D eigenvalue weighted by Crippen LogP contribution is 2.43. The zero-order chi connectivity index (χ0) is 21.8. The number of nitriles is 1. The molecule has 0 amide bonds. The summed E-state index contributed by atoms with van der Waals surface area (Å²) in [7, 11) is 0. The Bertz CT molecular complexity index is 1170. The molecule has 1 fully saturated rings. The van der Waals surface area contributed by atoms with Gasteiger partial charge in [0, 0.05) is 11.1 Å². The summed E-state index contributed by atoms with van der Waals surface area (Å²) in [5.74, 6) is -1.01. The summed E-state index contributed by atoms with van der Waals surface area (Å²) in [6.45, 7) is 0. The van der Waals surface area contributed by atoms with Crippen LogP contribution in [0.3, 0.4) is 0 Å². The van der Waals surface area contributed by atoms with E-state index in [0.29, 0.717) is 22.3 Å². The molecule has 0 aromatic heterocycles. The third-order valence-electron chi connectivity index (χ3n) is 5.49. The number of hydrogen-bond acceptors (Lipinski definition) is 2. The molecule has 0 atom stereocenters. The Kier molecular flexibility index (Phi) is 5.60. The zero-order valence-electron chi connectivity index (χ0n) is 16.7. The smallest absolute Gasteiger partial charge is 0.185 e. The minimum Gasteiger partial charge on any atom is -0.289 e. The third-order valence-corrected chi connectivity index (χ3v) is 5.49. The topological polar surface area (TPSA) is 40.9 Å². The summed E-state index contributed by atoms with van der Waals surface area (Å²) in [4.78, 5) is 13.3. The van der Waals surface area contributed by atoms with Crippen LogP contribution >= 0.6 is 0 Å². The van der Waals surface area contributed by atoms with Crippen molar-refractivity contribution in [2.24, 2.45) is 0 Å². The van der Waals surface area contributed by atoms with Gasteiger partial charge in [0.1, 0.15) is 11.6 Å². The molecule has 2 nitrogen and oxygen atoms in total. The van der Waals surface area contributed by atoms with Gasteiger partial charge in [-0.25, -0.2) is 8.78 Å². The van der Waals surface area contributed by atoms with Crippen LogP contribution in [0.5, 0.6) is 0 Å². The fourth-order valence-corrected chi connectivity index (χ4v) is 4.01. The number of Topliss-reactive ketones (excluding diaryl/α,β-unsaturated/α-hetero) is 1. The first-order valence-corrected chi connectivity index (χ1v) is 9.93. The monoisotopic (exact) mass is 411 g/mol. The van der Waals surface area contributed by atoms with Gasteiger partial charge in [-0.2, -0.15) is 5.26 Å². The van der Waals surface area contributed by atoms with Crippen molar-refractivity contribution in [3.8, 4) is 6.07 Å². The lowest BCUT2D eigenvalue weighted by molar-refractivity contribution is -0.113. The molecule has 0 bridgehead atoms. The Morgan fingerprint density at radius 1 is 0.774 bits per heavy atom. The van der Waals surface area contributed by atoms with E-state index in [1.165, 1.54) is 24.3 Å². The Morgan fingerprint density at radius 2 is 1.29 bits per heavy atom. The molecule has 4 rings (SSSR count). The second kappa shape index (κ2) is 8.49. The number of ketones is 1. The van der Waals surface area contributed by atoms with Gasteiger partial charge in [-0.1, -0.05) is 54.6 Å². The van der Waals surface area contributed by atoms with Gasteiger partial charge in [-0.3, -0.25) is 4.79 Å². The first-order chi connectivity index (χ1) is 15.0. The summed E-state index contributed by atoms with van der Waals surface area (Å²) in [6.07, 6.45) is 3.70. The lowest BCUT2D eigenvalue weighted by Crippen LogP contribution is -2.33. The highest BCUT2D eigenvalue weighted by atomic mass is 19.1. The quantitative estimate of drug-likeness (QED) is 0.478. The number of halogens is 2. The molecule has 0 saturated heterocycles. The largest absolute Gasteiger partial charge is 0.289 e. The minimum atomic E-state index is -0.951. The number of hydrogen-bond donors (Lipinski definition) is 0. The lowest BCUT2D eigenvalue weighted by Gasteiger charge is -2.33. The Hall–Kier alpha value is -3.84. The maximum Gasteiger partial charge on any atom is 0.185 e. The first-order valence-electron chi connectivity index (χ1n) is 9.93. The van der Waals surface area contributed by atoms with Crippen molar-refractivity contribution in [2.75, 3.05) is 0 Å². The van der Waals surface area contributed by atoms with Gasteiger partial charge in [-0.05, 0) is 65.9 Å². The van der Waals surface area contributed by atoms with Crippen molar-refractivity contribution in [3.05, 3.63) is 118 Å². The number of allylic oxidation sites excluding steroid dienone is 2. The van der Waals surface area contributed by atoms with Crippen LogP contribution < -0.4 is 0 Å². The SMILES string of the molecule is N#CC1(c2ccccc2)CC(=Cc2cccc(F)c2)C(=O)C(=Cc2cccc(F)c2)C1. The molecule has 0 aliphatic heterocycles. The molecule has 3 aromatic carbocycles. The molecular weight excluding hydrogens is 392 g/mol. The molecule has 3 aromatic rings. The van der Waals surface area contributed by atoms with Gasteiger partial charge in [0.25, 0.3) is 0 Å². The molecular formula is C27H19F2NO. The van der Waals surface area contributed by atoms with Gasteiger partial charge in [0.05, 0.1) is 11.5 Å². The van der Waals surface area contributed by atoms with Crippen LogP contribution in [0.4, 0.5) is 8.78 Å². The molecule has 1 saturated carbocycles. The van der Waals surface area contributed by atoms with Crippen molar-refractivity contribution >= 4 is 17.9 Å². The van der Waals surface area contributed by atoms with Crippen molar-refractivity contribution in [1.29, 1.82) is 5.26 Å². The summed E-state index contributed by atoms with van der Waals surface area (Å²) < 4.78 is 27.4. The van der Waals surface area contributed by atoms with Gasteiger partial charge >= 0.3 is 0 Å². The number of nitrogens with zero attached hydrogens (tertiary/aromatic N) is 1. The fourth-order valence-electron chi connectivity index (χ4n) is 4.01. The molecule has 4 heteroatoms. The summed E-state index contributed by atoms with van der Waals surface area (Å²) in [5, 5.41) is 10.2. The predicted molar refractivity (Wildman–Crippen MR) is 117 cm³/mol. The van der Waals surface area contributed by atoms with E-state index in [0.717, 1.165) is 5.56 Å². The second-order valence-corrected chi connectivity index (χ2v) is 7.69. The fraction of sp³-hybridized carbons (Fsp3) is 0.111. The summed E-state index contributed by atoms with van der Waals surface area (Å²) >= 11 is 0. The van der Waals surface area contributed by atoms with Gasteiger partial charge in [0.15, 0.2) is 5.78 Å². The lowest BCUT2D eigenvalue weighted by atomic mass is 9.66. The highest BCUT2D eigenvalue weighted by molar-refractivity contribution is 6.14. The maximum atomic E-state index is 13.7. The van der Waals surface area contributed by atoms with E-state index in [2.05, 4.69) is 6.07 Å². The van der Waals surface area contributed by atoms with E-state index in [-0.39, 0.29) is 18.6 Å². The van der Waals surface area contributed by atoms with Gasteiger partial charge in [0.2, 0.25) is 0 Å². The van der Waals surface area contributed by atoms with E-state index in [9.17, 15) is 18.8 Å². The van der Waals surface area contributed by atoms with Crippen LogP contribution in [0.15, 0.2) is 90.0 Å². The second-order valence-electron chi connectivity index (χ2n) is 7.69. The average Bonchev–Trinajstić information content (AvgIpc) is 2.77. The molecule has 0 radical (unpaired) electrons. The van der Waals surface area contributed by atoms with E-state index < -0.39 is 17.0 Å².